The van der Waals surface area contributed by atoms with Gasteiger partial charge in [-0.15, -0.1) is 0 Å². The minimum atomic E-state index is 1.10. The van der Waals surface area contributed by atoms with Crippen molar-refractivity contribution >= 4 is 0 Å². The van der Waals surface area contributed by atoms with E-state index in [2.05, 4.69) is 48.6 Å². The first-order valence-corrected chi connectivity index (χ1v) is 5.62. The maximum Gasteiger partial charge on any atom is -0.0169 e. The summed E-state index contributed by atoms with van der Waals surface area (Å²) in [6.45, 7) is 0. The standard InChI is InChI=1S/C14H20/c1-2-4-6-8-10-12-14-13-11-9-7-5-3-1/h1-4,9,11-12,14H,5-8,10,13H2/b3-1?,4-2-,11-9+,14-12+. The SMILES string of the molecule is C1=CCC/C=C/C/C=C/CCC/C=C\1. The number of hydrogen-bond acceptors (Lipinski definition) is 0. The van der Waals surface area contributed by atoms with E-state index in [0.717, 1.165) is 19.3 Å². The molecule has 14 heavy (non-hydrogen) atoms. The zero-order valence-corrected chi connectivity index (χ0v) is 8.86. The lowest BCUT2D eigenvalue weighted by Gasteiger charge is -1.91. The van der Waals surface area contributed by atoms with Crippen LogP contribution in [0, 0.1) is 0 Å². The highest BCUT2D eigenvalue weighted by Crippen LogP contribution is 2.01. The number of allylic oxidation sites excluding steroid dienone is 8. The van der Waals surface area contributed by atoms with Gasteiger partial charge in [-0.25, -0.2) is 0 Å². The van der Waals surface area contributed by atoms with Crippen molar-refractivity contribution in [3.05, 3.63) is 48.6 Å². The molecule has 0 heteroatoms. The van der Waals surface area contributed by atoms with E-state index >= 15 is 0 Å². The molecule has 0 fully saturated rings. The van der Waals surface area contributed by atoms with Crippen LogP contribution in [-0.4, -0.2) is 0 Å². The molecule has 0 bridgehead atoms. The third kappa shape index (κ3) is 6.47. The highest BCUT2D eigenvalue weighted by atomic mass is 13.9. The van der Waals surface area contributed by atoms with Crippen molar-refractivity contribution in [2.75, 3.05) is 0 Å². The molecule has 0 nitrogen and oxygen atoms in total. The van der Waals surface area contributed by atoms with Crippen LogP contribution in [0.15, 0.2) is 48.6 Å². The molecule has 0 heterocycles. The van der Waals surface area contributed by atoms with E-state index in [1.165, 1.54) is 19.3 Å². The first-order valence-electron chi connectivity index (χ1n) is 5.62. The molecule has 0 aromatic heterocycles. The highest BCUT2D eigenvalue weighted by molar-refractivity contribution is 5.03. The second kappa shape index (κ2) is 8.55. The van der Waals surface area contributed by atoms with Gasteiger partial charge in [0.15, 0.2) is 0 Å². The van der Waals surface area contributed by atoms with Gasteiger partial charge in [0.05, 0.1) is 0 Å². The minimum absolute atomic E-state index is 1.10. The third-order valence-corrected chi connectivity index (χ3v) is 2.23. The Bertz CT molecular complexity index is 228. The zero-order chi connectivity index (χ0) is 9.90. The van der Waals surface area contributed by atoms with Gasteiger partial charge in [-0.1, -0.05) is 48.6 Å². The van der Waals surface area contributed by atoms with Crippen LogP contribution in [0.3, 0.4) is 0 Å². The molecule has 0 aromatic rings. The summed E-state index contributed by atoms with van der Waals surface area (Å²) >= 11 is 0. The smallest absolute Gasteiger partial charge is 0.0169 e. The average molecular weight is 188 g/mol. The summed E-state index contributed by atoms with van der Waals surface area (Å²) in [5.74, 6) is 0. The van der Waals surface area contributed by atoms with Crippen molar-refractivity contribution in [2.24, 2.45) is 0 Å². The molecule has 0 saturated heterocycles. The molecule has 0 aromatic carbocycles. The fourth-order valence-corrected chi connectivity index (χ4v) is 1.40. The summed E-state index contributed by atoms with van der Waals surface area (Å²) < 4.78 is 0. The quantitative estimate of drug-likeness (QED) is 0.489. The van der Waals surface area contributed by atoms with Crippen molar-refractivity contribution in [1.82, 2.24) is 0 Å². The van der Waals surface area contributed by atoms with Crippen LogP contribution in [0.1, 0.15) is 38.5 Å². The van der Waals surface area contributed by atoms with Gasteiger partial charge in [-0.3, -0.25) is 0 Å². The van der Waals surface area contributed by atoms with Gasteiger partial charge in [0, 0.05) is 0 Å². The lowest BCUT2D eigenvalue weighted by Crippen LogP contribution is -1.70. The number of hydrogen-bond donors (Lipinski definition) is 0. The zero-order valence-electron chi connectivity index (χ0n) is 8.86. The molecule has 1 rings (SSSR count). The molecule has 0 unspecified atom stereocenters. The maximum atomic E-state index is 2.29. The van der Waals surface area contributed by atoms with E-state index in [9.17, 15) is 0 Å². The van der Waals surface area contributed by atoms with Gasteiger partial charge in [0.2, 0.25) is 0 Å². The van der Waals surface area contributed by atoms with Gasteiger partial charge in [0.1, 0.15) is 0 Å². The predicted molar refractivity (Wildman–Crippen MR) is 64.3 cm³/mol. The number of rotatable bonds is 0. The topological polar surface area (TPSA) is 0 Å². The van der Waals surface area contributed by atoms with Crippen molar-refractivity contribution in [1.29, 1.82) is 0 Å². The van der Waals surface area contributed by atoms with Crippen molar-refractivity contribution < 1.29 is 0 Å². The second-order valence-corrected chi connectivity index (χ2v) is 3.54. The van der Waals surface area contributed by atoms with Crippen LogP contribution >= 0.6 is 0 Å². The summed E-state index contributed by atoms with van der Waals surface area (Å²) in [4.78, 5) is 0. The molecule has 1 aliphatic carbocycles. The molecular weight excluding hydrogens is 168 g/mol. The summed E-state index contributed by atoms with van der Waals surface area (Å²) in [5, 5.41) is 0. The van der Waals surface area contributed by atoms with Crippen LogP contribution in [0.4, 0.5) is 0 Å². The maximum absolute atomic E-state index is 2.29. The Morgan fingerprint density at radius 2 is 1.07 bits per heavy atom. The van der Waals surface area contributed by atoms with E-state index < -0.39 is 0 Å². The molecular formula is C14H20. The van der Waals surface area contributed by atoms with Gasteiger partial charge in [-0.05, 0) is 38.5 Å². The van der Waals surface area contributed by atoms with E-state index in [4.69, 9.17) is 0 Å². The van der Waals surface area contributed by atoms with Crippen LogP contribution in [0.25, 0.3) is 0 Å². The van der Waals surface area contributed by atoms with Gasteiger partial charge >= 0.3 is 0 Å². The Kier molecular flexibility index (Phi) is 6.74. The largest absolute Gasteiger partial charge is 0.0882 e. The molecule has 76 valence electrons. The molecule has 0 atom stereocenters. The van der Waals surface area contributed by atoms with Gasteiger partial charge < -0.3 is 0 Å². The van der Waals surface area contributed by atoms with Crippen LogP contribution in [-0.2, 0) is 0 Å². The second-order valence-electron chi connectivity index (χ2n) is 3.54. The molecule has 0 saturated carbocycles. The summed E-state index contributed by atoms with van der Waals surface area (Å²) in [6.07, 6.45) is 25.0. The monoisotopic (exact) mass is 188 g/mol. The summed E-state index contributed by atoms with van der Waals surface area (Å²) in [6, 6.07) is 0. The van der Waals surface area contributed by atoms with Crippen LogP contribution in [0.5, 0.6) is 0 Å². The first-order chi connectivity index (χ1) is 7.00. The van der Waals surface area contributed by atoms with E-state index in [1.807, 2.05) is 0 Å². The normalized spacial score (nSPS) is 26.3. The Hall–Kier alpha value is -1.04. The average Bonchev–Trinajstić information content (AvgIpc) is 2.22. The predicted octanol–water partition coefficient (Wildman–Crippen LogP) is 4.57. The molecule has 0 N–H and O–H groups in total. The van der Waals surface area contributed by atoms with E-state index in [0.29, 0.717) is 0 Å². The molecule has 0 radical (unpaired) electrons. The fraction of sp³-hybridized carbons (Fsp3) is 0.429. The molecule has 1 aliphatic rings. The van der Waals surface area contributed by atoms with Crippen molar-refractivity contribution in [3.8, 4) is 0 Å². The minimum Gasteiger partial charge on any atom is -0.0882 e. The highest BCUT2D eigenvalue weighted by Gasteiger charge is 1.81. The third-order valence-electron chi connectivity index (χ3n) is 2.23. The lowest BCUT2D eigenvalue weighted by molar-refractivity contribution is 0.865. The fourth-order valence-electron chi connectivity index (χ4n) is 1.40. The Morgan fingerprint density at radius 3 is 1.93 bits per heavy atom. The Balaban J connectivity index is 2.34. The molecule has 0 aliphatic heterocycles. The Labute approximate surface area is 87.7 Å². The van der Waals surface area contributed by atoms with E-state index in [-0.39, 0.29) is 0 Å². The van der Waals surface area contributed by atoms with Crippen molar-refractivity contribution in [3.63, 3.8) is 0 Å². The molecule has 0 spiro atoms. The van der Waals surface area contributed by atoms with Crippen molar-refractivity contribution in [2.45, 2.75) is 38.5 Å². The van der Waals surface area contributed by atoms with E-state index in [1.54, 1.807) is 0 Å². The van der Waals surface area contributed by atoms with Crippen LogP contribution < -0.4 is 0 Å². The summed E-state index contributed by atoms with van der Waals surface area (Å²) in [7, 11) is 0. The van der Waals surface area contributed by atoms with Gasteiger partial charge in [-0.2, -0.15) is 0 Å². The first kappa shape index (κ1) is 11.0. The Morgan fingerprint density at radius 1 is 0.500 bits per heavy atom. The van der Waals surface area contributed by atoms with Crippen LogP contribution in [0.2, 0.25) is 0 Å². The molecule has 0 amide bonds. The summed E-state index contributed by atoms with van der Waals surface area (Å²) in [5.41, 5.74) is 0. The van der Waals surface area contributed by atoms with Gasteiger partial charge in [0.25, 0.3) is 0 Å². The lowest BCUT2D eigenvalue weighted by atomic mass is 10.2.